The van der Waals surface area contributed by atoms with Crippen molar-refractivity contribution in [2.45, 2.75) is 4.90 Å². The van der Waals surface area contributed by atoms with E-state index in [0.29, 0.717) is 25.1 Å². The number of nitrogens with zero attached hydrogens (tertiary/aromatic N) is 6. The molecular formula is C26H25F2N7O3S. The number of morpholine rings is 1. The molecule has 1 aliphatic rings. The van der Waals surface area contributed by atoms with Crippen molar-refractivity contribution in [2.75, 3.05) is 41.8 Å². The summed E-state index contributed by atoms with van der Waals surface area (Å²) in [5.41, 5.74) is 8.17. The van der Waals surface area contributed by atoms with Crippen LogP contribution in [0.2, 0.25) is 0 Å². The van der Waals surface area contributed by atoms with E-state index in [4.69, 9.17) is 10.5 Å². The second-order valence-corrected chi connectivity index (χ2v) is 10.5. The summed E-state index contributed by atoms with van der Waals surface area (Å²) in [7, 11) is -2.43. The van der Waals surface area contributed by atoms with E-state index in [1.165, 1.54) is 12.3 Å². The fraction of sp³-hybridized carbons (Fsp3) is 0.192. The maximum atomic E-state index is 14.0. The highest BCUT2D eigenvalue weighted by Crippen LogP contribution is 2.33. The average molecular weight is 554 g/mol. The third-order valence-corrected chi connectivity index (χ3v) is 7.51. The molecule has 0 atom stereocenters. The lowest BCUT2D eigenvalue weighted by Gasteiger charge is -2.29. The van der Waals surface area contributed by atoms with E-state index in [0.717, 1.165) is 42.0 Å². The molecule has 0 bridgehead atoms. The zero-order valence-electron chi connectivity index (χ0n) is 20.9. The largest absolute Gasteiger partial charge is 0.383 e. The predicted molar refractivity (Wildman–Crippen MR) is 144 cm³/mol. The number of hydrogen-bond acceptors (Lipinski definition) is 9. The maximum absolute atomic E-state index is 14.0. The molecule has 1 fully saturated rings. The van der Waals surface area contributed by atoms with Crippen molar-refractivity contribution in [3.63, 3.8) is 0 Å². The summed E-state index contributed by atoms with van der Waals surface area (Å²) < 4.78 is 59.4. The molecule has 0 spiro atoms. The van der Waals surface area contributed by atoms with E-state index in [9.17, 15) is 17.2 Å². The minimum atomic E-state index is -4.21. The number of nitrogens with two attached hydrogens (primary N) is 1. The lowest BCUT2D eigenvalue weighted by atomic mass is 10.2. The van der Waals surface area contributed by atoms with Crippen LogP contribution in [0.3, 0.4) is 0 Å². The highest BCUT2D eigenvalue weighted by atomic mass is 32.2. The SMILES string of the molecule is Cn1ccc(N(c2ccc(N3CCOCC3)cc2)c2ncc(/C=C/S(=O)(=O)c3ccc(F)cc3F)c(N)n2)n1. The van der Waals surface area contributed by atoms with E-state index in [-0.39, 0.29) is 17.3 Å². The zero-order chi connectivity index (χ0) is 27.6. The minimum Gasteiger partial charge on any atom is -0.383 e. The van der Waals surface area contributed by atoms with Crippen molar-refractivity contribution in [1.82, 2.24) is 19.7 Å². The quantitative estimate of drug-likeness (QED) is 0.341. The smallest absolute Gasteiger partial charge is 0.237 e. The molecule has 4 aromatic rings. The van der Waals surface area contributed by atoms with Crippen molar-refractivity contribution in [3.8, 4) is 0 Å². The summed E-state index contributed by atoms with van der Waals surface area (Å²) in [6, 6.07) is 11.9. The Hall–Kier alpha value is -4.36. The Labute approximate surface area is 223 Å². The third-order valence-electron chi connectivity index (χ3n) is 6.08. The Bertz CT molecular complexity index is 1620. The van der Waals surface area contributed by atoms with Crippen LogP contribution in [0.4, 0.5) is 37.7 Å². The molecule has 0 unspecified atom stereocenters. The molecule has 0 aliphatic carbocycles. The number of aryl methyl sites for hydroxylation is 1. The molecule has 5 rings (SSSR count). The van der Waals surface area contributed by atoms with Gasteiger partial charge in [0.1, 0.15) is 22.3 Å². The van der Waals surface area contributed by atoms with Crippen molar-refractivity contribution in [3.05, 3.63) is 83.5 Å². The average Bonchev–Trinajstić information content (AvgIpc) is 3.34. The molecule has 1 saturated heterocycles. The zero-order valence-corrected chi connectivity index (χ0v) is 21.7. The molecule has 3 heterocycles. The van der Waals surface area contributed by atoms with Crippen LogP contribution in [-0.2, 0) is 21.6 Å². The van der Waals surface area contributed by atoms with Crippen LogP contribution in [0.1, 0.15) is 5.56 Å². The van der Waals surface area contributed by atoms with E-state index < -0.39 is 26.4 Å². The molecular weight excluding hydrogens is 528 g/mol. The fourth-order valence-electron chi connectivity index (χ4n) is 4.08. The van der Waals surface area contributed by atoms with E-state index >= 15 is 0 Å². The number of nitrogen functional groups attached to an aromatic ring is 1. The number of ether oxygens (including phenoxy) is 1. The molecule has 2 aromatic heterocycles. The van der Waals surface area contributed by atoms with Gasteiger partial charge in [-0.2, -0.15) is 10.1 Å². The lowest BCUT2D eigenvalue weighted by Crippen LogP contribution is -2.36. The second-order valence-electron chi connectivity index (χ2n) is 8.73. The fourth-order valence-corrected chi connectivity index (χ4v) is 5.14. The van der Waals surface area contributed by atoms with Crippen molar-refractivity contribution >= 4 is 44.9 Å². The molecule has 0 radical (unpaired) electrons. The molecule has 13 heteroatoms. The standard InChI is InChI=1S/C26H25F2N7O3S/c1-33-10-8-24(32-33)35(21-5-3-20(4-6-21)34-11-13-38-14-12-34)26-30-17-18(25(29)31-26)9-15-39(36,37)23-7-2-19(27)16-22(23)28/h2-10,15-17H,11-14H2,1H3,(H2,29,30,31)/b15-9+. The van der Waals surface area contributed by atoms with Crippen LogP contribution >= 0.6 is 0 Å². The van der Waals surface area contributed by atoms with Crippen LogP contribution in [0.15, 0.2) is 71.2 Å². The molecule has 10 nitrogen and oxygen atoms in total. The molecule has 39 heavy (non-hydrogen) atoms. The first-order valence-electron chi connectivity index (χ1n) is 11.9. The summed E-state index contributed by atoms with van der Waals surface area (Å²) >= 11 is 0. The first-order valence-corrected chi connectivity index (χ1v) is 13.5. The normalized spacial score (nSPS) is 14.2. The Morgan fingerprint density at radius 2 is 1.82 bits per heavy atom. The van der Waals surface area contributed by atoms with Gasteiger partial charge >= 0.3 is 0 Å². The van der Waals surface area contributed by atoms with Crippen LogP contribution in [-0.4, -0.2) is 54.5 Å². The topological polar surface area (TPSA) is 119 Å². The van der Waals surface area contributed by atoms with Gasteiger partial charge in [-0.05, 0) is 42.5 Å². The van der Waals surface area contributed by atoms with Gasteiger partial charge in [0.2, 0.25) is 15.8 Å². The van der Waals surface area contributed by atoms with Gasteiger partial charge in [0.15, 0.2) is 5.82 Å². The number of benzene rings is 2. The lowest BCUT2D eigenvalue weighted by molar-refractivity contribution is 0.122. The van der Waals surface area contributed by atoms with Crippen molar-refractivity contribution < 1.29 is 21.9 Å². The van der Waals surface area contributed by atoms with Gasteiger partial charge in [0.05, 0.1) is 18.9 Å². The Morgan fingerprint density at radius 1 is 1.08 bits per heavy atom. The number of rotatable bonds is 7. The van der Waals surface area contributed by atoms with Gasteiger partial charge in [-0.1, -0.05) is 0 Å². The highest BCUT2D eigenvalue weighted by Gasteiger charge is 2.21. The van der Waals surface area contributed by atoms with Gasteiger partial charge in [-0.15, -0.1) is 0 Å². The number of hydrogen-bond donors (Lipinski definition) is 1. The number of sulfone groups is 1. The first kappa shape index (κ1) is 26.3. The second kappa shape index (κ2) is 10.8. The summed E-state index contributed by atoms with van der Waals surface area (Å²) in [6.07, 6.45) is 4.31. The number of aromatic nitrogens is 4. The summed E-state index contributed by atoms with van der Waals surface area (Å²) in [5.74, 6) is -1.30. The summed E-state index contributed by atoms with van der Waals surface area (Å²) in [4.78, 5) is 12.1. The molecule has 0 amide bonds. The van der Waals surface area contributed by atoms with Crippen LogP contribution in [0, 0.1) is 11.6 Å². The Morgan fingerprint density at radius 3 is 2.46 bits per heavy atom. The van der Waals surface area contributed by atoms with Gasteiger partial charge in [-0.3, -0.25) is 9.58 Å². The highest BCUT2D eigenvalue weighted by molar-refractivity contribution is 7.94. The third kappa shape index (κ3) is 5.73. The van der Waals surface area contributed by atoms with Gasteiger partial charge in [0, 0.05) is 61.3 Å². The van der Waals surface area contributed by atoms with Crippen LogP contribution < -0.4 is 15.5 Å². The van der Waals surface area contributed by atoms with Gasteiger partial charge in [0.25, 0.3) is 0 Å². The van der Waals surface area contributed by atoms with Gasteiger partial charge in [-0.25, -0.2) is 22.2 Å². The Kier molecular flexibility index (Phi) is 7.26. The monoisotopic (exact) mass is 553 g/mol. The number of anilines is 5. The van der Waals surface area contributed by atoms with E-state index in [2.05, 4.69) is 20.0 Å². The summed E-state index contributed by atoms with van der Waals surface area (Å²) in [5, 5.41) is 5.26. The molecule has 1 aliphatic heterocycles. The predicted octanol–water partition coefficient (Wildman–Crippen LogP) is 3.82. The molecule has 2 N–H and O–H groups in total. The van der Waals surface area contributed by atoms with E-state index in [1.807, 2.05) is 24.3 Å². The number of halogens is 2. The molecule has 0 saturated carbocycles. The first-order chi connectivity index (χ1) is 18.7. The minimum absolute atomic E-state index is 0.00287. The van der Waals surface area contributed by atoms with E-state index in [1.54, 1.807) is 28.9 Å². The molecule has 2 aromatic carbocycles. The molecule has 202 valence electrons. The van der Waals surface area contributed by atoms with Gasteiger partial charge < -0.3 is 15.4 Å². The maximum Gasteiger partial charge on any atom is 0.237 e. The van der Waals surface area contributed by atoms with Crippen LogP contribution in [0.25, 0.3) is 6.08 Å². The van der Waals surface area contributed by atoms with Crippen molar-refractivity contribution in [1.29, 1.82) is 0 Å². The van der Waals surface area contributed by atoms with Crippen LogP contribution in [0.5, 0.6) is 0 Å². The summed E-state index contributed by atoms with van der Waals surface area (Å²) in [6.45, 7) is 2.97. The van der Waals surface area contributed by atoms with Crippen molar-refractivity contribution in [2.24, 2.45) is 7.05 Å². The Balaban J connectivity index is 1.45.